The van der Waals surface area contributed by atoms with Crippen LogP contribution in [0, 0.1) is 0 Å². The average Bonchev–Trinajstić information content (AvgIpc) is 2.57. The number of rotatable bonds is 7. The molecular weight excluding hydrogens is 314 g/mol. The van der Waals surface area contributed by atoms with E-state index in [1.165, 1.54) is 10.5 Å². The molecule has 1 aromatic heterocycles. The molecule has 0 fully saturated rings. The number of aromatic nitrogens is 1. The fourth-order valence-electron chi connectivity index (χ4n) is 2.21. The van der Waals surface area contributed by atoms with E-state index < -0.39 is 10.0 Å². The van der Waals surface area contributed by atoms with Gasteiger partial charge in [-0.05, 0) is 24.3 Å². The molecule has 1 N–H and O–H groups in total. The number of hydrogen-bond donors (Lipinski definition) is 1. The molecule has 0 aliphatic carbocycles. The highest BCUT2D eigenvalue weighted by molar-refractivity contribution is 7.89. The van der Waals surface area contributed by atoms with Gasteiger partial charge in [-0.3, -0.25) is 0 Å². The molecular formula is C16H21N3O3S. The van der Waals surface area contributed by atoms with Crippen LogP contribution in [0.2, 0.25) is 0 Å². The molecule has 1 heterocycles. The zero-order valence-corrected chi connectivity index (χ0v) is 14.3. The molecule has 124 valence electrons. The van der Waals surface area contributed by atoms with Crippen LogP contribution in [0.5, 0.6) is 5.75 Å². The third kappa shape index (κ3) is 3.80. The Kier molecular flexibility index (Phi) is 5.57. The van der Waals surface area contributed by atoms with E-state index in [1.807, 2.05) is 38.1 Å². The van der Waals surface area contributed by atoms with E-state index in [2.05, 4.69) is 10.3 Å². The predicted molar refractivity (Wildman–Crippen MR) is 90.6 cm³/mol. The molecule has 0 amide bonds. The van der Waals surface area contributed by atoms with Crippen molar-refractivity contribution in [2.45, 2.75) is 18.7 Å². The summed E-state index contributed by atoms with van der Waals surface area (Å²) in [4.78, 5) is 4.38. The Balaban J connectivity index is 2.23. The van der Waals surface area contributed by atoms with Crippen molar-refractivity contribution < 1.29 is 13.2 Å². The number of benzene rings is 1. The molecule has 6 nitrogen and oxygen atoms in total. The summed E-state index contributed by atoms with van der Waals surface area (Å²) >= 11 is 0. The predicted octanol–water partition coefficient (Wildman–Crippen LogP) is 2.86. The van der Waals surface area contributed by atoms with Gasteiger partial charge in [0.1, 0.15) is 16.5 Å². The number of hydrogen-bond acceptors (Lipinski definition) is 5. The summed E-state index contributed by atoms with van der Waals surface area (Å²) in [6.07, 6.45) is 1.37. The molecule has 0 aliphatic heterocycles. The zero-order chi connectivity index (χ0) is 16.9. The molecule has 7 heteroatoms. The monoisotopic (exact) mass is 335 g/mol. The van der Waals surface area contributed by atoms with Crippen molar-refractivity contribution in [1.29, 1.82) is 0 Å². The molecule has 0 saturated heterocycles. The summed E-state index contributed by atoms with van der Waals surface area (Å²) in [5, 5.41) is 3.11. The topological polar surface area (TPSA) is 71.5 Å². The van der Waals surface area contributed by atoms with Crippen LogP contribution in [0.4, 0.5) is 11.5 Å². The molecule has 0 bridgehead atoms. The Hall–Kier alpha value is -2.12. The molecule has 1 aromatic carbocycles. The normalized spacial score (nSPS) is 11.5. The van der Waals surface area contributed by atoms with Gasteiger partial charge in [-0.25, -0.2) is 13.4 Å². The lowest BCUT2D eigenvalue weighted by Gasteiger charge is -2.18. The maximum atomic E-state index is 12.4. The number of methoxy groups -OCH3 is 1. The van der Waals surface area contributed by atoms with Gasteiger partial charge in [0.2, 0.25) is 10.0 Å². The molecule has 0 saturated carbocycles. The van der Waals surface area contributed by atoms with Crippen molar-refractivity contribution in [2.75, 3.05) is 25.5 Å². The molecule has 23 heavy (non-hydrogen) atoms. The number of pyridine rings is 1. The second kappa shape index (κ2) is 7.43. The maximum Gasteiger partial charge on any atom is 0.244 e. The fraction of sp³-hybridized carbons (Fsp3) is 0.312. The number of nitrogens with one attached hydrogen (secondary N) is 1. The minimum atomic E-state index is -3.49. The Morgan fingerprint density at radius 1 is 1.13 bits per heavy atom. The van der Waals surface area contributed by atoms with Crippen LogP contribution in [0.3, 0.4) is 0 Å². The van der Waals surface area contributed by atoms with E-state index in [4.69, 9.17) is 4.74 Å². The van der Waals surface area contributed by atoms with Gasteiger partial charge in [0.25, 0.3) is 0 Å². The Morgan fingerprint density at radius 2 is 1.83 bits per heavy atom. The van der Waals surface area contributed by atoms with Crippen LogP contribution in [0.15, 0.2) is 47.5 Å². The summed E-state index contributed by atoms with van der Waals surface area (Å²) < 4.78 is 31.5. The summed E-state index contributed by atoms with van der Waals surface area (Å²) in [6, 6.07) is 10.6. The SMILES string of the molecule is CCN(CC)S(=O)(=O)c1ccc(Nc2ccccc2OC)nc1. The lowest BCUT2D eigenvalue weighted by atomic mass is 10.3. The number of sulfonamides is 1. The summed E-state index contributed by atoms with van der Waals surface area (Å²) in [5.74, 6) is 1.24. The lowest BCUT2D eigenvalue weighted by molar-refractivity contribution is 0.417. The minimum absolute atomic E-state index is 0.187. The average molecular weight is 335 g/mol. The first-order valence-corrected chi connectivity index (χ1v) is 8.83. The smallest absolute Gasteiger partial charge is 0.244 e. The van der Waals surface area contributed by atoms with E-state index in [1.54, 1.807) is 19.2 Å². The van der Waals surface area contributed by atoms with Crippen molar-refractivity contribution >= 4 is 21.5 Å². The minimum Gasteiger partial charge on any atom is -0.495 e. The molecule has 0 unspecified atom stereocenters. The molecule has 0 radical (unpaired) electrons. The van der Waals surface area contributed by atoms with Crippen LogP contribution in [-0.2, 0) is 10.0 Å². The van der Waals surface area contributed by atoms with Crippen LogP contribution in [0.1, 0.15) is 13.8 Å². The van der Waals surface area contributed by atoms with Gasteiger partial charge < -0.3 is 10.1 Å². The van der Waals surface area contributed by atoms with Crippen molar-refractivity contribution in [1.82, 2.24) is 9.29 Å². The summed E-state index contributed by atoms with van der Waals surface area (Å²) in [7, 11) is -1.89. The Labute approximate surface area is 137 Å². The van der Waals surface area contributed by atoms with Crippen LogP contribution < -0.4 is 10.1 Å². The molecule has 0 atom stereocenters. The van der Waals surface area contributed by atoms with E-state index in [0.29, 0.717) is 24.7 Å². The summed E-state index contributed by atoms with van der Waals surface area (Å²) in [5.41, 5.74) is 0.766. The largest absolute Gasteiger partial charge is 0.495 e. The number of anilines is 2. The van der Waals surface area contributed by atoms with Gasteiger partial charge in [0, 0.05) is 19.3 Å². The van der Waals surface area contributed by atoms with Crippen molar-refractivity contribution in [3.63, 3.8) is 0 Å². The first-order valence-electron chi connectivity index (χ1n) is 7.39. The maximum absolute atomic E-state index is 12.4. The van der Waals surface area contributed by atoms with Crippen LogP contribution in [-0.4, -0.2) is 37.9 Å². The number of ether oxygens (including phenoxy) is 1. The molecule has 0 spiro atoms. The first-order chi connectivity index (χ1) is 11.0. The van der Waals surface area contributed by atoms with Crippen molar-refractivity contribution in [3.05, 3.63) is 42.6 Å². The van der Waals surface area contributed by atoms with Crippen LogP contribution >= 0.6 is 0 Å². The highest BCUT2D eigenvalue weighted by Gasteiger charge is 2.21. The van der Waals surface area contributed by atoms with Gasteiger partial charge >= 0.3 is 0 Å². The van der Waals surface area contributed by atoms with E-state index in [-0.39, 0.29) is 4.90 Å². The van der Waals surface area contributed by atoms with Gasteiger partial charge in [-0.15, -0.1) is 0 Å². The van der Waals surface area contributed by atoms with E-state index in [9.17, 15) is 8.42 Å². The number of nitrogens with zero attached hydrogens (tertiary/aromatic N) is 2. The second-order valence-electron chi connectivity index (χ2n) is 4.79. The van der Waals surface area contributed by atoms with Gasteiger partial charge in [0.15, 0.2) is 0 Å². The first kappa shape index (κ1) is 17.2. The van der Waals surface area contributed by atoms with E-state index in [0.717, 1.165) is 5.69 Å². The second-order valence-corrected chi connectivity index (χ2v) is 6.73. The fourth-order valence-corrected chi connectivity index (χ4v) is 3.61. The lowest BCUT2D eigenvalue weighted by Crippen LogP contribution is -2.30. The Morgan fingerprint density at radius 3 is 2.39 bits per heavy atom. The van der Waals surface area contributed by atoms with Gasteiger partial charge in [-0.1, -0.05) is 26.0 Å². The van der Waals surface area contributed by atoms with Gasteiger partial charge in [0.05, 0.1) is 12.8 Å². The molecule has 2 rings (SSSR count). The molecule has 2 aromatic rings. The third-order valence-corrected chi connectivity index (χ3v) is 5.48. The van der Waals surface area contributed by atoms with E-state index >= 15 is 0 Å². The van der Waals surface area contributed by atoms with Crippen LogP contribution in [0.25, 0.3) is 0 Å². The standard InChI is InChI=1S/C16H21N3O3S/c1-4-19(5-2)23(20,21)13-10-11-16(17-12-13)18-14-8-6-7-9-15(14)22-3/h6-12H,4-5H2,1-3H3,(H,17,18). The summed E-state index contributed by atoms with van der Waals surface area (Å²) in [6.45, 7) is 4.48. The highest BCUT2D eigenvalue weighted by Crippen LogP contribution is 2.26. The zero-order valence-electron chi connectivity index (χ0n) is 13.5. The third-order valence-electron chi connectivity index (χ3n) is 3.45. The quantitative estimate of drug-likeness (QED) is 0.842. The van der Waals surface area contributed by atoms with Gasteiger partial charge in [-0.2, -0.15) is 4.31 Å². The molecule has 0 aliphatic rings. The van der Waals surface area contributed by atoms with Crippen molar-refractivity contribution in [3.8, 4) is 5.75 Å². The Bertz CT molecular complexity index is 741. The highest BCUT2D eigenvalue weighted by atomic mass is 32.2. The number of para-hydroxylation sites is 2. The van der Waals surface area contributed by atoms with Crippen molar-refractivity contribution in [2.24, 2.45) is 0 Å².